The molecule has 0 aromatic heterocycles. The fourth-order valence-electron chi connectivity index (χ4n) is 0.214. The Balaban J connectivity index is 0. The Morgan fingerprint density at radius 2 is 1.22 bits per heavy atom. The molecular weight excluding hydrogens is 200 g/mol. The fourth-order valence-corrected chi connectivity index (χ4v) is 0.214. The topological polar surface area (TPSA) is 74.6 Å². The molecule has 9 heavy (non-hydrogen) atoms. The molecule has 0 aliphatic rings. The Labute approximate surface area is 89.1 Å². The molecule has 0 spiro atoms. The van der Waals surface area contributed by atoms with Gasteiger partial charge >= 0.3 is 11.9 Å². The van der Waals surface area contributed by atoms with Crippen molar-refractivity contribution in [2.24, 2.45) is 0 Å². The van der Waals surface area contributed by atoms with Crippen molar-refractivity contribution in [2.45, 2.75) is 12.8 Å². The normalized spacial score (nSPS) is 7.56. The molecule has 48 valence electrons. The molecule has 0 fully saturated rings. The summed E-state index contributed by atoms with van der Waals surface area (Å²) in [7, 11) is 0. The molecule has 2 radical (unpaired) electrons. The fraction of sp³-hybridized carbons (Fsp3) is 0.500. The van der Waals surface area contributed by atoms with Gasteiger partial charge in [0.2, 0.25) is 0 Å². The van der Waals surface area contributed by atoms with Crippen molar-refractivity contribution >= 4 is 57.4 Å². The molecule has 0 aliphatic heterocycles. The summed E-state index contributed by atoms with van der Waals surface area (Å²) < 4.78 is 0. The summed E-state index contributed by atoms with van der Waals surface area (Å²) in [4.78, 5) is 19.3. The molecule has 0 aliphatic carbocycles. The van der Waals surface area contributed by atoms with E-state index < -0.39 is 11.9 Å². The van der Waals surface area contributed by atoms with E-state index in [-0.39, 0.29) is 58.3 Å². The smallest absolute Gasteiger partial charge is 0.303 e. The van der Waals surface area contributed by atoms with Crippen LogP contribution in [0.4, 0.5) is 0 Å². The number of hydrogen-bond acceptors (Lipinski definition) is 2. The molecule has 0 bridgehead atoms. The average molecular weight is 206 g/mol. The van der Waals surface area contributed by atoms with E-state index in [9.17, 15) is 9.59 Å². The Kier molecular flexibility index (Phi) is 8.81. The quantitative estimate of drug-likeness (QED) is 0.613. The van der Waals surface area contributed by atoms with Gasteiger partial charge < -0.3 is 10.2 Å². The van der Waals surface area contributed by atoms with Gasteiger partial charge in [-0.05, 0) is 0 Å². The van der Waals surface area contributed by atoms with Crippen LogP contribution in [0.3, 0.4) is 0 Å². The van der Waals surface area contributed by atoms with Crippen molar-refractivity contribution in [1.29, 1.82) is 0 Å². The van der Waals surface area contributed by atoms with Crippen LogP contribution in [0.2, 0.25) is 0 Å². The minimum Gasteiger partial charge on any atom is -0.481 e. The van der Waals surface area contributed by atoms with Crippen molar-refractivity contribution in [3.05, 3.63) is 0 Å². The zero-order valence-electron chi connectivity index (χ0n) is 4.83. The summed E-state index contributed by atoms with van der Waals surface area (Å²) in [6, 6.07) is 0. The third kappa shape index (κ3) is 11.8. The van der Waals surface area contributed by atoms with E-state index in [4.69, 9.17) is 10.2 Å². The second-order valence-electron chi connectivity index (χ2n) is 1.29. The van der Waals surface area contributed by atoms with Gasteiger partial charge in [0.25, 0.3) is 0 Å². The summed E-state index contributed by atoms with van der Waals surface area (Å²) in [5.41, 5.74) is 0. The molecule has 0 rings (SSSR count). The molecule has 0 aromatic rings. The first-order chi connectivity index (χ1) is 3.63. The molecule has 5 heteroatoms. The van der Waals surface area contributed by atoms with E-state index in [1.807, 2.05) is 0 Å². The maximum atomic E-state index is 9.64. The van der Waals surface area contributed by atoms with E-state index >= 15 is 0 Å². The Morgan fingerprint density at radius 3 is 1.33 bits per heavy atom. The van der Waals surface area contributed by atoms with Gasteiger partial charge in [-0.15, -0.1) is 0 Å². The van der Waals surface area contributed by atoms with Gasteiger partial charge in [0.05, 0.1) is 12.8 Å². The van der Waals surface area contributed by atoms with Gasteiger partial charge in [-0.3, -0.25) is 9.59 Å². The zero-order valence-corrected chi connectivity index (χ0v) is 8.31. The number of carboxylic acids is 2. The molecule has 0 heterocycles. The molecule has 2 N–H and O–H groups in total. The third-order valence-corrected chi connectivity index (χ3v) is 0.553. The van der Waals surface area contributed by atoms with Gasteiger partial charge in [-0.1, -0.05) is 0 Å². The van der Waals surface area contributed by atoms with Crippen LogP contribution in [0.1, 0.15) is 12.8 Å². The summed E-state index contributed by atoms with van der Waals surface area (Å²) in [5.74, 6) is -2.15. The molecular formula is C4H6O4Sr. The summed E-state index contributed by atoms with van der Waals surface area (Å²) in [6.45, 7) is 0. The van der Waals surface area contributed by atoms with Crippen LogP contribution < -0.4 is 0 Å². The van der Waals surface area contributed by atoms with Crippen molar-refractivity contribution in [3.8, 4) is 0 Å². The van der Waals surface area contributed by atoms with Crippen molar-refractivity contribution < 1.29 is 19.8 Å². The second kappa shape index (κ2) is 6.54. The molecule has 0 aromatic carbocycles. The third-order valence-electron chi connectivity index (χ3n) is 0.553. The zero-order chi connectivity index (χ0) is 6.57. The van der Waals surface area contributed by atoms with E-state index in [1.165, 1.54) is 0 Å². The first kappa shape index (κ1) is 12.1. The second-order valence-corrected chi connectivity index (χ2v) is 1.29. The maximum absolute atomic E-state index is 9.64. The number of rotatable bonds is 3. The van der Waals surface area contributed by atoms with Crippen LogP contribution in [0.25, 0.3) is 0 Å². The minimum atomic E-state index is -1.08. The molecule has 0 saturated heterocycles. The first-order valence-corrected chi connectivity index (χ1v) is 2.06. The van der Waals surface area contributed by atoms with Gasteiger partial charge in [0.1, 0.15) is 0 Å². The SMILES string of the molecule is O=C(O)CCC(=O)O.[Sr]. The van der Waals surface area contributed by atoms with Gasteiger partial charge in [0.15, 0.2) is 0 Å². The van der Waals surface area contributed by atoms with Crippen LogP contribution in [-0.2, 0) is 9.59 Å². The molecule has 4 nitrogen and oxygen atoms in total. The van der Waals surface area contributed by atoms with Gasteiger partial charge in [-0.2, -0.15) is 0 Å². The standard InChI is InChI=1S/C4H6O4.Sr/c5-3(6)1-2-4(7)8;/h1-2H2,(H,5,6)(H,7,8);. The molecule has 0 amide bonds. The molecule has 0 saturated carbocycles. The largest absolute Gasteiger partial charge is 0.481 e. The Bertz CT molecular complexity index is 97.1. The Morgan fingerprint density at radius 1 is 1.00 bits per heavy atom. The summed E-state index contributed by atoms with van der Waals surface area (Å²) >= 11 is 0. The maximum Gasteiger partial charge on any atom is 0.303 e. The van der Waals surface area contributed by atoms with E-state index in [0.29, 0.717) is 0 Å². The van der Waals surface area contributed by atoms with Crippen LogP contribution in [0, 0.1) is 0 Å². The van der Waals surface area contributed by atoms with E-state index in [1.54, 1.807) is 0 Å². The average Bonchev–Trinajstić information content (AvgIpc) is 1.61. The van der Waals surface area contributed by atoms with E-state index in [0.717, 1.165) is 0 Å². The number of aliphatic carboxylic acids is 2. The van der Waals surface area contributed by atoms with Crippen LogP contribution >= 0.6 is 0 Å². The number of hydrogen-bond donors (Lipinski definition) is 2. The summed E-state index contributed by atoms with van der Waals surface area (Å²) in [5, 5.41) is 15.8. The first-order valence-electron chi connectivity index (χ1n) is 2.06. The minimum absolute atomic E-state index is 0. The summed E-state index contributed by atoms with van der Waals surface area (Å²) in [6.07, 6.45) is -0.593. The van der Waals surface area contributed by atoms with Crippen molar-refractivity contribution in [3.63, 3.8) is 0 Å². The number of carboxylic acid groups (broad SMARTS) is 2. The van der Waals surface area contributed by atoms with Gasteiger partial charge in [0, 0.05) is 45.5 Å². The van der Waals surface area contributed by atoms with Crippen molar-refractivity contribution in [2.75, 3.05) is 0 Å². The van der Waals surface area contributed by atoms with Crippen LogP contribution in [0.5, 0.6) is 0 Å². The number of carbonyl (C=O) groups is 2. The molecule has 0 unspecified atom stereocenters. The predicted octanol–water partition coefficient (Wildman–Crippen LogP) is -0.445. The van der Waals surface area contributed by atoms with E-state index in [2.05, 4.69) is 0 Å². The van der Waals surface area contributed by atoms with Gasteiger partial charge in [-0.25, -0.2) is 0 Å². The monoisotopic (exact) mass is 206 g/mol. The van der Waals surface area contributed by atoms with Crippen molar-refractivity contribution in [1.82, 2.24) is 0 Å². The predicted molar refractivity (Wildman–Crippen MR) is 30.3 cm³/mol. The Hall–Kier alpha value is 0.421. The van der Waals surface area contributed by atoms with Crippen LogP contribution in [0.15, 0.2) is 0 Å². The molecule has 0 atom stereocenters. The van der Waals surface area contributed by atoms with Crippen LogP contribution in [-0.4, -0.2) is 67.6 Å².